The van der Waals surface area contributed by atoms with E-state index in [2.05, 4.69) is 15.4 Å². The summed E-state index contributed by atoms with van der Waals surface area (Å²) in [5.41, 5.74) is 5.48. The highest BCUT2D eigenvalue weighted by atomic mass is 16.3. The van der Waals surface area contributed by atoms with Crippen LogP contribution in [0.5, 0.6) is 0 Å². The van der Waals surface area contributed by atoms with Gasteiger partial charge in [0, 0.05) is 0 Å². The van der Waals surface area contributed by atoms with Crippen molar-refractivity contribution in [2.75, 3.05) is 6.61 Å². The van der Waals surface area contributed by atoms with Gasteiger partial charge in [0.05, 0.1) is 19.2 Å². The van der Waals surface area contributed by atoms with Crippen LogP contribution in [0.4, 0.5) is 0 Å². The summed E-state index contributed by atoms with van der Waals surface area (Å²) in [5.74, 6) is 0.394. The Balaban J connectivity index is 2.63. The van der Waals surface area contributed by atoms with Crippen molar-refractivity contribution < 1.29 is 5.11 Å². The molecule has 0 saturated heterocycles. The monoisotopic (exact) mass is 171 g/mol. The molecule has 0 saturated carbocycles. The van der Waals surface area contributed by atoms with Crippen LogP contribution in [-0.4, -0.2) is 31.9 Å². The Morgan fingerprint density at radius 1 is 1.67 bits per heavy atom. The Hall–Kier alpha value is -1.01. The van der Waals surface area contributed by atoms with Gasteiger partial charge in [-0.1, -0.05) is 6.92 Å². The third-order valence-electron chi connectivity index (χ3n) is 1.42. The molecule has 1 aromatic heterocycles. The predicted octanol–water partition coefficient (Wildman–Crippen LogP) is -0.925. The van der Waals surface area contributed by atoms with E-state index in [4.69, 9.17) is 10.8 Å². The van der Waals surface area contributed by atoms with Crippen LogP contribution in [0.3, 0.4) is 0 Å². The van der Waals surface area contributed by atoms with Gasteiger partial charge in [0.15, 0.2) is 5.82 Å². The fourth-order valence-electron chi connectivity index (χ4n) is 0.780. The van der Waals surface area contributed by atoms with Crippen LogP contribution in [0, 0.1) is 0 Å². The first-order valence-corrected chi connectivity index (χ1v) is 3.92. The Kier molecular flexibility index (Phi) is 3.12. The molecule has 1 heterocycles. The molecule has 1 atom stereocenters. The van der Waals surface area contributed by atoms with Crippen molar-refractivity contribution in [1.29, 1.82) is 0 Å². The number of nitrogens with two attached hydrogens (primary N) is 1. The number of rotatable bonds is 4. The molecule has 0 aliphatic carbocycles. The number of hydrogen-bond donors (Lipinski definition) is 2. The SMILES string of the molecule is CCCn1nnc(C(N)CO)n1. The molecule has 0 spiro atoms. The van der Waals surface area contributed by atoms with Crippen LogP contribution in [0.15, 0.2) is 0 Å². The average molecular weight is 171 g/mol. The van der Waals surface area contributed by atoms with E-state index < -0.39 is 6.04 Å². The van der Waals surface area contributed by atoms with Gasteiger partial charge in [-0.2, -0.15) is 4.80 Å². The number of hydrogen-bond acceptors (Lipinski definition) is 5. The maximum Gasteiger partial charge on any atom is 0.193 e. The van der Waals surface area contributed by atoms with Gasteiger partial charge >= 0.3 is 0 Å². The highest BCUT2D eigenvalue weighted by Gasteiger charge is 2.10. The van der Waals surface area contributed by atoms with Gasteiger partial charge in [-0.05, 0) is 11.6 Å². The summed E-state index contributed by atoms with van der Waals surface area (Å²) in [6, 6.07) is -0.518. The molecule has 1 unspecified atom stereocenters. The van der Waals surface area contributed by atoms with Gasteiger partial charge in [0.25, 0.3) is 0 Å². The lowest BCUT2D eigenvalue weighted by molar-refractivity contribution is 0.263. The van der Waals surface area contributed by atoms with E-state index in [-0.39, 0.29) is 6.61 Å². The highest BCUT2D eigenvalue weighted by Crippen LogP contribution is 1.99. The number of aromatic nitrogens is 4. The molecule has 6 heteroatoms. The van der Waals surface area contributed by atoms with E-state index in [1.165, 1.54) is 4.80 Å². The van der Waals surface area contributed by atoms with Crippen molar-refractivity contribution in [3.63, 3.8) is 0 Å². The van der Waals surface area contributed by atoms with Gasteiger partial charge in [-0.3, -0.25) is 0 Å². The summed E-state index contributed by atoms with van der Waals surface area (Å²) in [7, 11) is 0. The lowest BCUT2D eigenvalue weighted by Crippen LogP contribution is -2.16. The molecule has 1 rings (SSSR count). The molecular formula is C6H13N5O. The lowest BCUT2D eigenvalue weighted by Gasteiger charge is -1.99. The van der Waals surface area contributed by atoms with Gasteiger partial charge in [-0.25, -0.2) is 0 Å². The van der Waals surface area contributed by atoms with E-state index in [0.717, 1.165) is 13.0 Å². The molecule has 1 aromatic rings. The number of nitrogens with zero attached hydrogens (tertiary/aromatic N) is 4. The normalized spacial score (nSPS) is 13.2. The van der Waals surface area contributed by atoms with Crippen LogP contribution in [-0.2, 0) is 6.54 Å². The summed E-state index contributed by atoms with van der Waals surface area (Å²) in [4.78, 5) is 1.48. The van der Waals surface area contributed by atoms with E-state index in [1.54, 1.807) is 0 Å². The highest BCUT2D eigenvalue weighted by molar-refractivity contribution is 4.86. The molecule has 0 aliphatic rings. The molecule has 6 nitrogen and oxygen atoms in total. The zero-order valence-corrected chi connectivity index (χ0v) is 7.01. The largest absolute Gasteiger partial charge is 0.394 e. The van der Waals surface area contributed by atoms with Crippen LogP contribution in [0.25, 0.3) is 0 Å². The van der Waals surface area contributed by atoms with Gasteiger partial charge < -0.3 is 10.8 Å². The van der Waals surface area contributed by atoms with Crippen molar-refractivity contribution in [2.24, 2.45) is 5.73 Å². The summed E-state index contributed by atoms with van der Waals surface area (Å²) < 4.78 is 0. The molecule has 3 N–H and O–H groups in total. The second kappa shape index (κ2) is 4.13. The van der Waals surface area contributed by atoms with Crippen molar-refractivity contribution in [3.05, 3.63) is 5.82 Å². The number of tetrazole rings is 1. The van der Waals surface area contributed by atoms with Crippen LogP contribution < -0.4 is 5.73 Å². The average Bonchev–Trinajstić information content (AvgIpc) is 2.52. The summed E-state index contributed by atoms with van der Waals surface area (Å²) in [6.07, 6.45) is 0.949. The standard InChI is InChI=1S/C6H13N5O/c1-2-3-11-9-6(8-10-11)5(7)4-12/h5,12H,2-4,7H2,1H3. The summed E-state index contributed by atoms with van der Waals surface area (Å²) >= 11 is 0. The molecular weight excluding hydrogens is 158 g/mol. The number of aliphatic hydroxyl groups excluding tert-OH is 1. The molecule has 0 aliphatic heterocycles. The Morgan fingerprint density at radius 3 is 3.00 bits per heavy atom. The fraction of sp³-hybridized carbons (Fsp3) is 0.833. The maximum atomic E-state index is 8.69. The molecule has 0 aromatic carbocycles. The first kappa shape index (κ1) is 9.08. The zero-order chi connectivity index (χ0) is 8.97. The Morgan fingerprint density at radius 2 is 2.42 bits per heavy atom. The lowest BCUT2D eigenvalue weighted by atomic mass is 10.3. The van der Waals surface area contributed by atoms with Crippen molar-refractivity contribution in [3.8, 4) is 0 Å². The molecule has 12 heavy (non-hydrogen) atoms. The number of aryl methyl sites for hydroxylation is 1. The molecule has 68 valence electrons. The van der Waals surface area contributed by atoms with E-state index >= 15 is 0 Å². The van der Waals surface area contributed by atoms with Crippen molar-refractivity contribution in [2.45, 2.75) is 25.9 Å². The van der Waals surface area contributed by atoms with E-state index in [0.29, 0.717) is 5.82 Å². The number of aliphatic hydroxyl groups is 1. The maximum absolute atomic E-state index is 8.69. The van der Waals surface area contributed by atoms with Gasteiger partial charge in [0.2, 0.25) is 0 Å². The Labute approximate surface area is 70.4 Å². The minimum Gasteiger partial charge on any atom is -0.394 e. The van der Waals surface area contributed by atoms with E-state index in [1.807, 2.05) is 6.92 Å². The fourth-order valence-corrected chi connectivity index (χ4v) is 0.780. The minimum atomic E-state index is -0.518. The second-order valence-electron chi connectivity index (χ2n) is 2.53. The van der Waals surface area contributed by atoms with Crippen molar-refractivity contribution in [1.82, 2.24) is 20.2 Å². The predicted molar refractivity (Wildman–Crippen MR) is 42.1 cm³/mol. The first-order valence-electron chi connectivity index (χ1n) is 3.92. The molecule has 0 fully saturated rings. The Bertz CT molecular complexity index is 236. The second-order valence-corrected chi connectivity index (χ2v) is 2.53. The van der Waals surface area contributed by atoms with Crippen LogP contribution in [0.1, 0.15) is 25.2 Å². The summed E-state index contributed by atoms with van der Waals surface area (Å²) in [6.45, 7) is 2.60. The van der Waals surface area contributed by atoms with Crippen molar-refractivity contribution >= 4 is 0 Å². The van der Waals surface area contributed by atoms with E-state index in [9.17, 15) is 0 Å². The quantitative estimate of drug-likeness (QED) is 0.611. The van der Waals surface area contributed by atoms with Crippen LogP contribution >= 0.6 is 0 Å². The molecule has 0 radical (unpaired) electrons. The molecule has 0 amide bonds. The zero-order valence-electron chi connectivity index (χ0n) is 7.01. The van der Waals surface area contributed by atoms with Gasteiger partial charge in [0.1, 0.15) is 0 Å². The minimum absolute atomic E-state index is 0.155. The van der Waals surface area contributed by atoms with Gasteiger partial charge in [-0.15, -0.1) is 10.2 Å². The third kappa shape index (κ3) is 1.99. The summed E-state index contributed by atoms with van der Waals surface area (Å²) in [5, 5.41) is 20.1. The topological polar surface area (TPSA) is 89.9 Å². The first-order chi connectivity index (χ1) is 5.77. The molecule has 0 bridgehead atoms. The third-order valence-corrected chi connectivity index (χ3v) is 1.42. The van der Waals surface area contributed by atoms with Crippen LogP contribution in [0.2, 0.25) is 0 Å². The smallest absolute Gasteiger partial charge is 0.193 e.